The molecule has 1 aliphatic rings. The van der Waals surface area contributed by atoms with Crippen LogP contribution in [0.2, 0.25) is 5.02 Å². The van der Waals surface area contributed by atoms with Gasteiger partial charge in [0.05, 0.1) is 6.54 Å². The third kappa shape index (κ3) is 2.44. The second kappa shape index (κ2) is 4.64. The molecule has 1 saturated heterocycles. The van der Waals surface area contributed by atoms with Crippen LogP contribution in [0.15, 0.2) is 22.6 Å². The number of benzene rings is 1. The summed E-state index contributed by atoms with van der Waals surface area (Å²) in [7, 11) is 0. The summed E-state index contributed by atoms with van der Waals surface area (Å²) in [6.07, 6.45) is 0. The van der Waals surface area contributed by atoms with Crippen molar-refractivity contribution in [1.29, 1.82) is 0 Å². The largest absolute Gasteiger partial charge is 0.439 e. The summed E-state index contributed by atoms with van der Waals surface area (Å²) in [6, 6.07) is 5.54. The molecule has 1 fully saturated rings. The molecule has 0 aliphatic carbocycles. The van der Waals surface area contributed by atoms with Crippen molar-refractivity contribution in [3.8, 4) is 0 Å². The number of oxazole rings is 1. The second-order valence-corrected chi connectivity index (χ2v) is 4.68. The summed E-state index contributed by atoms with van der Waals surface area (Å²) in [5.74, 6) is 0.768. The number of halogens is 1. The van der Waals surface area contributed by atoms with Gasteiger partial charge < -0.3 is 9.73 Å². The molecular formula is C12H14ClN3O. The van der Waals surface area contributed by atoms with Crippen molar-refractivity contribution >= 4 is 22.7 Å². The van der Waals surface area contributed by atoms with Crippen molar-refractivity contribution < 1.29 is 4.42 Å². The summed E-state index contributed by atoms with van der Waals surface area (Å²) >= 11 is 5.91. The lowest BCUT2D eigenvalue weighted by molar-refractivity contribution is 0.214. The van der Waals surface area contributed by atoms with Crippen LogP contribution < -0.4 is 5.32 Å². The third-order valence-corrected chi connectivity index (χ3v) is 3.20. The quantitative estimate of drug-likeness (QED) is 0.885. The number of piperazine rings is 1. The lowest BCUT2D eigenvalue weighted by atomic mass is 10.3. The van der Waals surface area contributed by atoms with E-state index in [1.807, 2.05) is 18.2 Å². The highest BCUT2D eigenvalue weighted by Crippen LogP contribution is 2.20. The van der Waals surface area contributed by atoms with E-state index in [1.54, 1.807) is 0 Å². The molecule has 1 aliphatic heterocycles. The first-order valence-electron chi connectivity index (χ1n) is 5.79. The Bertz CT molecular complexity index is 519. The van der Waals surface area contributed by atoms with Gasteiger partial charge in [0.1, 0.15) is 5.52 Å². The number of nitrogens with one attached hydrogen (secondary N) is 1. The van der Waals surface area contributed by atoms with Crippen LogP contribution >= 0.6 is 11.6 Å². The Morgan fingerprint density at radius 2 is 2.18 bits per heavy atom. The fraction of sp³-hybridized carbons (Fsp3) is 0.417. The van der Waals surface area contributed by atoms with Gasteiger partial charge in [0.2, 0.25) is 5.89 Å². The smallest absolute Gasteiger partial charge is 0.209 e. The van der Waals surface area contributed by atoms with Crippen molar-refractivity contribution in [3.05, 3.63) is 29.1 Å². The predicted octanol–water partition coefficient (Wildman–Crippen LogP) is 1.89. The van der Waals surface area contributed by atoms with E-state index in [0.717, 1.165) is 49.7 Å². The molecule has 1 aromatic heterocycles. The number of aromatic nitrogens is 1. The Labute approximate surface area is 105 Å². The van der Waals surface area contributed by atoms with Crippen molar-refractivity contribution in [3.63, 3.8) is 0 Å². The van der Waals surface area contributed by atoms with Crippen LogP contribution in [-0.4, -0.2) is 36.1 Å². The Hall–Kier alpha value is -1.10. The zero-order valence-corrected chi connectivity index (χ0v) is 10.2. The molecule has 1 N–H and O–H groups in total. The minimum atomic E-state index is 0.683. The topological polar surface area (TPSA) is 41.3 Å². The second-order valence-electron chi connectivity index (χ2n) is 4.25. The highest BCUT2D eigenvalue weighted by molar-refractivity contribution is 6.31. The van der Waals surface area contributed by atoms with Gasteiger partial charge in [-0.1, -0.05) is 11.6 Å². The first-order chi connectivity index (χ1) is 8.31. The predicted molar refractivity (Wildman–Crippen MR) is 67.2 cm³/mol. The number of hydrogen-bond acceptors (Lipinski definition) is 4. The molecule has 0 unspecified atom stereocenters. The van der Waals surface area contributed by atoms with Gasteiger partial charge in [0, 0.05) is 37.3 Å². The molecule has 0 atom stereocenters. The molecule has 1 aromatic carbocycles. The van der Waals surface area contributed by atoms with Gasteiger partial charge in [-0.25, -0.2) is 4.98 Å². The van der Waals surface area contributed by atoms with Crippen LogP contribution in [0.25, 0.3) is 11.1 Å². The van der Waals surface area contributed by atoms with Crippen LogP contribution in [0.4, 0.5) is 0 Å². The number of nitrogens with zero attached hydrogens (tertiary/aromatic N) is 2. The molecule has 2 aromatic rings. The molecule has 0 radical (unpaired) electrons. The van der Waals surface area contributed by atoms with E-state index >= 15 is 0 Å². The maximum atomic E-state index is 5.91. The van der Waals surface area contributed by atoms with Crippen LogP contribution in [0.3, 0.4) is 0 Å². The fourth-order valence-corrected chi connectivity index (χ4v) is 2.24. The van der Waals surface area contributed by atoms with Gasteiger partial charge in [-0.15, -0.1) is 0 Å². The maximum absolute atomic E-state index is 5.91. The van der Waals surface area contributed by atoms with Crippen molar-refractivity contribution in [2.24, 2.45) is 0 Å². The highest BCUT2D eigenvalue weighted by Gasteiger charge is 2.13. The maximum Gasteiger partial charge on any atom is 0.209 e. The van der Waals surface area contributed by atoms with Crippen LogP contribution in [-0.2, 0) is 6.54 Å². The average molecular weight is 252 g/mol. The molecule has 4 nitrogen and oxygen atoms in total. The van der Waals surface area contributed by atoms with Crippen LogP contribution in [0.1, 0.15) is 5.89 Å². The average Bonchev–Trinajstić information content (AvgIpc) is 2.71. The van der Waals surface area contributed by atoms with E-state index in [1.165, 1.54) is 0 Å². The van der Waals surface area contributed by atoms with E-state index in [0.29, 0.717) is 5.02 Å². The fourth-order valence-electron chi connectivity index (χ4n) is 2.07. The van der Waals surface area contributed by atoms with Gasteiger partial charge in [0.15, 0.2) is 5.58 Å². The van der Waals surface area contributed by atoms with Gasteiger partial charge in [-0.3, -0.25) is 4.90 Å². The zero-order valence-electron chi connectivity index (χ0n) is 9.45. The lowest BCUT2D eigenvalue weighted by Gasteiger charge is -2.25. The normalized spacial score (nSPS) is 17.7. The standard InChI is InChI=1S/C12H14ClN3O/c13-9-1-2-10-11(7-9)17-12(15-10)8-16-5-3-14-4-6-16/h1-2,7,14H,3-6,8H2. The number of rotatable bonds is 2. The Balaban J connectivity index is 1.80. The molecule has 0 saturated carbocycles. The Morgan fingerprint density at radius 3 is 3.00 bits per heavy atom. The molecule has 5 heteroatoms. The number of hydrogen-bond donors (Lipinski definition) is 1. The van der Waals surface area contributed by atoms with Crippen molar-refractivity contribution in [2.45, 2.75) is 6.54 Å². The van der Waals surface area contributed by atoms with Gasteiger partial charge in [-0.05, 0) is 12.1 Å². The minimum Gasteiger partial charge on any atom is -0.439 e. The SMILES string of the molecule is Clc1ccc2nc(CN3CCNCC3)oc2c1. The molecule has 0 amide bonds. The van der Waals surface area contributed by atoms with Gasteiger partial charge in [0.25, 0.3) is 0 Å². The van der Waals surface area contributed by atoms with Crippen LogP contribution in [0, 0.1) is 0 Å². The van der Waals surface area contributed by atoms with E-state index in [4.69, 9.17) is 16.0 Å². The summed E-state index contributed by atoms with van der Waals surface area (Å²) in [5, 5.41) is 4.01. The lowest BCUT2D eigenvalue weighted by Crippen LogP contribution is -2.42. The van der Waals surface area contributed by atoms with Gasteiger partial charge in [-0.2, -0.15) is 0 Å². The molecule has 17 heavy (non-hydrogen) atoms. The summed E-state index contributed by atoms with van der Waals surface area (Å²) in [6.45, 7) is 4.92. The van der Waals surface area contributed by atoms with Gasteiger partial charge >= 0.3 is 0 Å². The summed E-state index contributed by atoms with van der Waals surface area (Å²) in [4.78, 5) is 6.80. The van der Waals surface area contributed by atoms with E-state index in [-0.39, 0.29) is 0 Å². The molecule has 3 rings (SSSR count). The third-order valence-electron chi connectivity index (χ3n) is 2.96. The molecular weight excluding hydrogens is 238 g/mol. The highest BCUT2D eigenvalue weighted by atomic mass is 35.5. The number of fused-ring (bicyclic) bond motifs is 1. The Morgan fingerprint density at radius 1 is 1.35 bits per heavy atom. The Kier molecular flexibility index (Phi) is 3.01. The summed E-state index contributed by atoms with van der Waals surface area (Å²) in [5.41, 5.74) is 1.64. The first kappa shape index (κ1) is 11.0. The van der Waals surface area contributed by atoms with Crippen LogP contribution in [0.5, 0.6) is 0 Å². The molecule has 0 spiro atoms. The first-order valence-corrected chi connectivity index (χ1v) is 6.17. The monoisotopic (exact) mass is 251 g/mol. The summed E-state index contributed by atoms with van der Waals surface area (Å²) < 4.78 is 5.69. The zero-order chi connectivity index (χ0) is 11.7. The van der Waals surface area contributed by atoms with E-state index in [2.05, 4.69) is 15.2 Å². The minimum absolute atomic E-state index is 0.683. The molecule has 0 bridgehead atoms. The van der Waals surface area contributed by atoms with Crippen molar-refractivity contribution in [2.75, 3.05) is 26.2 Å². The van der Waals surface area contributed by atoms with E-state index < -0.39 is 0 Å². The molecule has 90 valence electrons. The van der Waals surface area contributed by atoms with E-state index in [9.17, 15) is 0 Å². The van der Waals surface area contributed by atoms with Crippen molar-refractivity contribution in [1.82, 2.24) is 15.2 Å². The molecule has 2 heterocycles.